The summed E-state index contributed by atoms with van der Waals surface area (Å²) in [7, 11) is 2.15. The zero-order valence-electron chi connectivity index (χ0n) is 11.8. The second-order valence-electron chi connectivity index (χ2n) is 5.15. The molecule has 108 valence electrons. The first-order valence-electron chi connectivity index (χ1n) is 6.99. The smallest absolute Gasteiger partial charge is 0.328 e. The number of carboxylic acids is 1. The van der Waals surface area contributed by atoms with Gasteiger partial charge in [0.05, 0.1) is 0 Å². The molecule has 0 radical (unpaired) electrons. The van der Waals surface area contributed by atoms with Crippen LogP contribution in [0.15, 0.2) is 30.3 Å². The third-order valence-electron chi connectivity index (χ3n) is 3.71. The minimum absolute atomic E-state index is 0.678. The van der Waals surface area contributed by atoms with Crippen molar-refractivity contribution in [1.82, 2.24) is 4.90 Å². The number of carboxylic acid groups (broad SMARTS) is 1. The van der Waals surface area contributed by atoms with E-state index >= 15 is 0 Å². The Balaban J connectivity index is 1.74. The Morgan fingerprint density at radius 2 is 2.10 bits per heavy atom. The highest BCUT2D eigenvalue weighted by atomic mass is 16.5. The van der Waals surface area contributed by atoms with Gasteiger partial charge in [-0.05, 0) is 43.7 Å². The molecule has 0 aliphatic heterocycles. The van der Waals surface area contributed by atoms with E-state index in [1.165, 1.54) is 19.3 Å². The number of nitrogens with zero attached hydrogens (tertiary/aromatic N) is 1. The van der Waals surface area contributed by atoms with Crippen molar-refractivity contribution in [2.24, 2.45) is 0 Å². The Morgan fingerprint density at radius 3 is 2.65 bits per heavy atom. The Hall–Kier alpha value is -1.81. The number of aliphatic carboxylic acids is 1. The maximum Gasteiger partial charge on any atom is 0.328 e. The molecule has 20 heavy (non-hydrogen) atoms. The van der Waals surface area contributed by atoms with E-state index in [-0.39, 0.29) is 0 Å². The second-order valence-corrected chi connectivity index (χ2v) is 5.15. The number of benzene rings is 1. The van der Waals surface area contributed by atoms with Gasteiger partial charge in [-0.15, -0.1) is 0 Å². The highest BCUT2D eigenvalue weighted by molar-refractivity contribution is 5.85. The molecule has 1 N–H and O–H groups in total. The molecular formula is C16H21NO3. The van der Waals surface area contributed by atoms with Crippen LogP contribution in [-0.4, -0.2) is 42.2 Å². The van der Waals surface area contributed by atoms with Gasteiger partial charge in [0.25, 0.3) is 0 Å². The zero-order valence-corrected chi connectivity index (χ0v) is 11.8. The lowest BCUT2D eigenvalue weighted by Crippen LogP contribution is -2.39. The molecule has 1 aromatic carbocycles. The van der Waals surface area contributed by atoms with Crippen molar-refractivity contribution in [3.8, 4) is 5.75 Å². The molecule has 1 aliphatic carbocycles. The summed E-state index contributed by atoms with van der Waals surface area (Å²) in [6.07, 6.45) is 6.66. The fourth-order valence-corrected chi connectivity index (χ4v) is 2.16. The molecule has 0 spiro atoms. The van der Waals surface area contributed by atoms with E-state index in [4.69, 9.17) is 9.84 Å². The number of hydrogen-bond acceptors (Lipinski definition) is 3. The topological polar surface area (TPSA) is 49.8 Å². The molecule has 0 aromatic heterocycles. The van der Waals surface area contributed by atoms with E-state index < -0.39 is 5.97 Å². The van der Waals surface area contributed by atoms with Crippen LogP contribution in [0.5, 0.6) is 5.75 Å². The van der Waals surface area contributed by atoms with Gasteiger partial charge >= 0.3 is 5.97 Å². The highest BCUT2D eigenvalue weighted by Crippen LogP contribution is 2.23. The standard InChI is InChI=1S/C16H21NO3/c1-17(14-3-2-4-14)11-12-20-15-8-5-13(6-9-15)7-10-16(18)19/h5-10,14H,2-4,11-12H2,1H3,(H,18,19)/b10-7+. The first-order valence-corrected chi connectivity index (χ1v) is 6.99. The van der Waals surface area contributed by atoms with Crippen LogP contribution >= 0.6 is 0 Å². The van der Waals surface area contributed by atoms with Gasteiger partial charge in [-0.2, -0.15) is 0 Å². The fraction of sp³-hybridized carbons (Fsp3) is 0.438. The molecule has 1 aliphatic rings. The number of rotatable bonds is 7. The summed E-state index contributed by atoms with van der Waals surface area (Å²) in [4.78, 5) is 12.8. The molecule has 0 heterocycles. The highest BCUT2D eigenvalue weighted by Gasteiger charge is 2.21. The summed E-state index contributed by atoms with van der Waals surface area (Å²) < 4.78 is 5.69. The minimum atomic E-state index is -0.940. The third-order valence-corrected chi connectivity index (χ3v) is 3.71. The van der Waals surface area contributed by atoms with Crippen LogP contribution in [-0.2, 0) is 4.79 Å². The maximum atomic E-state index is 10.4. The van der Waals surface area contributed by atoms with Crippen LogP contribution < -0.4 is 4.74 Å². The van der Waals surface area contributed by atoms with Gasteiger partial charge in [-0.1, -0.05) is 18.6 Å². The Bertz CT molecular complexity index is 463. The van der Waals surface area contributed by atoms with Crippen LogP contribution in [0.25, 0.3) is 6.08 Å². The largest absolute Gasteiger partial charge is 0.492 e. The molecule has 2 rings (SSSR count). The summed E-state index contributed by atoms with van der Waals surface area (Å²) in [6.45, 7) is 1.61. The van der Waals surface area contributed by atoms with Gasteiger partial charge in [0.2, 0.25) is 0 Å². The van der Waals surface area contributed by atoms with Crippen LogP contribution in [0.3, 0.4) is 0 Å². The van der Waals surface area contributed by atoms with E-state index in [1.54, 1.807) is 6.08 Å². The van der Waals surface area contributed by atoms with Gasteiger partial charge in [0.15, 0.2) is 0 Å². The molecular weight excluding hydrogens is 254 g/mol. The Morgan fingerprint density at radius 1 is 1.40 bits per heavy atom. The van der Waals surface area contributed by atoms with Crippen molar-refractivity contribution in [3.63, 3.8) is 0 Å². The van der Waals surface area contributed by atoms with E-state index in [0.29, 0.717) is 6.61 Å². The summed E-state index contributed by atoms with van der Waals surface area (Å²) in [6, 6.07) is 8.17. The van der Waals surface area contributed by atoms with Crippen molar-refractivity contribution < 1.29 is 14.6 Å². The van der Waals surface area contributed by atoms with Crippen molar-refractivity contribution >= 4 is 12.0 Å². The number of carbonyl (C=O) groups is 1. The average molecular weight is 275 g/mol. The SMILES string of the molecule is CN(CCOc1ccc(/C=C/C(=O)O)cc1)C1CCC1. The maximum absolute atomic E-state index is 10.4. The molecule has 1 aromatic rings. The molecule has 0 amide bonds. The Labute approximate surface area is 119 Å². The molecule has 4 nitrogen and oxygen atoms in total. The van der Waals surface area contributed by atoms with E-state index in [2.05, 4.69) is 11.9 Å². The lowest BCUT2D eigenvalue weighted by Gasteiger charge is -2.34. The average Bonchev–Trinajstić information content (AvgIpc) is 2.35. The number of hydrogen-bond donors (Lipinski definition) is 1. The molecule has 0 unspecified atom stereocenters. The molecule has 4 heteroatoms. The van der Waals surface area contributed by atoms with E-state index in [9.17, 15) is 4.79 Å². The molecule has 1 saturated carbocycles. The quantitative estimate of drug-likeness (QED) is 0.777. The molecule has 0 bridgehead atoms. The van der Waals surface area contributed by atoms with Crippen LogP contribution in [0.2, 0.25) is 0 Å². The monoisotopic (exact) mass is 275 g/mol. The number of likely N-dealkylation sites (N-methyl/N-ethyl adjacent to an activating group) is 1. The fourth-order valence-electron chi connectivity index (χ4n) is 2.16. The normalized spacial score (nSPS) is 15.5. The third kappa shape index (κ3) is 4.38. The second kappa shape index (κ2) is 7.10. The summed E-state index contributed by atoms with van der Waals surface area (Å²) in [5.41, 5.74) is 0.853. The van der Waals surface area contributed by atoms with E-state index in [1.807, 2.05) is 24.3 Å². The lowest BCUT2D eigenvalue weighted by molar-refractivity contribution is -0.131. The van der Waals surface area contributed by atoms with Gasteiger partial charge in [0, 0.05) is 18.7 Å². The zero-order chi connectivity index (χ0) is 14.4. The number of ether oxygens (including phenoxy) is 1. The van der Waals surface area contributed by atoms with Gasteiger partial charge < -0.3 is 14.7 Å². The van der Waals surface area contributed by atoms with Crippen molar-refractivity contribution in [1.29, 1.82) is 0 Å². The van der Waals surface area contributed by atoms with Crippen LogP contribution in [0.4, 0.5) is 0 Å². The predicted octanol–water partition coefficient (Wildman–Crippen LogP) is 2.65. The Kier molecular flexibility index (Phi) is 5.18. The molecule has 0 saturated heterocycles. The first kappa shape index (κ1) is 14.6. The minimum Gasteiger partial charge on any atom is -0.492 e. The van der Waals surface area contributed by atoms with Crippen LogP contribution in [0, 0.1) is 0 Å². The van der Waals surface area contributed by atoms with Crippen molar-refractivity contribution in [2.45, 2.75) is 25.3 Å². The molecule has 0 atom stereocenters. The molecule has 1 fully saturated rings. The first-order chi connectivity index (χ1) is 9.65. The predicted molar refractivity (Wildman–Crippen MR) is 78.9 cm³/mol. The van der Waals surface area contributed by atoms with Crippen LogP contribution in [0.1, 0.15) is 24.8 Å². The van der Waals surface area contributed by atoms with Gasteiger partial charge in [0.1, 0.15) is 12.4 Å². The van der Waals surface area contributed by atoms with Gasteiger partial charge in [-0.25, -0.2) is 4.79 Å². The van der Waals surface area contributed by atoms with Crippen molar-refractivity contribution in [2.75, 3.05) is 20.2 Å². The van der Waals surface area contributed by atoms with Gasteiger partial charge in [-0.3, -0.25) is 0 Å². The summed E-state index contributed by atoms with van der Waals surface area (Å²) in [5.74, 6) is -0.121. The van der Waals surface area contributed by atoms with Crippen molar-refractivity contribution in [3.05, 3.63) is 35.9 Å². The summed E-state index contributed by atoms with van der Waals surface area (Å²) in [5, 5.41) is 8.55. The summed E-state index contributed by atoms with van der Waals surface area (Å²) >= 11 is 0. The lowest BCUT2D eigenvalue weighted by atomic mass is 9.92. The van der Waals surface area contributed by atoms with E-state index in [0.717, 1.165) is 30.0 Å².